The van der Waals surface area contributed by atoms with Crippen molar-refractivity contribution >= 4 is 5.95 Å². The lowest BCUT2D eigenvalue weighted by Gasteiger charge is -2.28. The highest BCUT2D eigenvalue weighted by molar-refractivity contribution is 5.37. The van der Waals surface area contributed by atoms with E-state index >= 15 is 0 Å². The number of aliphatic hydroxyl groups is 1. The van der Waals surface area contributed by atoms with E-state index in [2.05, 4.69) is 11.9 Å². The highest BCUT2D eigenvalue weighted by Crippen LogP contribution is 2.33. The van der Waals surface area contributed by atoms with Crippen molar-refractivity contribution in [3.8, 4) is 0 Å². The number of nitrogens with zero attached hydrogens (tertiary/aromatic N) is 3. The maximum Gasteiger partial charge on any atom is 0.396 e. The molecule has 4 nitrogen and oxygen atoms in total. The lowest BCUT2D eigenvalue weighted by atomic mass is 10.0. The highest BCUT2D eigenvalue weighted by Gasteiger charge is 2.50. The quantitative estimate of drug-likeness (QED) is 0.676. The smallest absolute Gasteiger partial charge is 0.353 e. The zero-order valence-electron chi connectivity index (χ0n) is 12.4. The summed E-state index contributed by atoms with van der Waals surface area (Å²) in [7, 11) is 0. The minimum Gasteiger partial charge on any atom is -0.353 e. The third kappa shape index (κ3) is 2.51. The van der Waals surface area contributed by atoms with E-state index < -0.39 is 5.72 Å². The van der Waals surface area contributed by atoms with E-state index in [9.17, 15) is 5.11 Å². The van der Waals surface area contributed by atoms with E-state index in [0.29, 0.717) is 6.54 Å². The van der Waals surface area contributed by atoms with Gasteiger partial charge in [-0.3, -0.25) is 0 Å². The van der Waals surface area contributed by atoms with Gasteiger partial charge < -0.3 is 5.11 Å². The molecular weight excluding hydrogens is 262 g/mol. The van der Waals surface area contributed by atoms with Gasteiger partial charge in [0.25, 0.3) is 0 Å². The van der Waals surface area contributed by atoms with Gasteiger partial charge in [-0.15, -0.1) is 0 Å². The monoisotopic (exact) mass is 284 g/mol. The Balaban J connectivity index is 1.96. The number of aromatic nitrogens is 2. The van der Waals surface area contributed by atoms with Gasteiger partial charge in [0.15, 0.2) is 0 Å². The molecular formula is C17H22N3O+. The maximum atomic E-state index is 11.3. The van der Waals surface area contributed by atoms with Crippen LogP contribution < -0.4 is 9.47 Å². The third-order valence-electron chi connectivity index (χ3n) is 4.10. The maximum absolute atomic E-state index is 11.3. The van der Waals surface area contributed by atoms with Crippen molar-refractivity contribution in [2.45, 2.75) is 38.5 Å². The second kappa shape index (κ2) is 5.82. The molecule has 0 amide bonds. The van der Waals surface area contributed by atoms with Gasteiger partial charge in [-0.2, -0.15) is 0 Å². The molecule has 1 aliphatic heterocycles. The van der Waals surface area contributed by atoms with Crippen molar-refractivity contribution in [1.82, 2.24) is 4.98 Å². The van der Waals surface area contributed by atoms with Crippen LogP contribution in [0.3, 0.4) is 0 Å². The Morgan fingerprint density at radius 2 is 2.05 bits per heavy atom. The van der Waals surface area contributed by atoms with Crippen LogP contribution in [0.15, 0.2) is 48.8 Å². The van der Waals surface area contributed by atoms with Gasteiger partial charge in [0.2, 0.25) is 5.72 Å². The highest BCUT2D eigenvalue weighted by atomic mass is 16.3. The first-order valence-electron chi connectivity index (χ1n) is 7.65. The van der Waals surface area contributed by atoms with Gasteiger partial charge in [-0.1, -0.05) is 55.1 Å². The molecule has 1 atom stereocenters. The van der Waals surface area contributed by atoms with Crippen LogP contribution >= 0.6 is 0 Å². The molecule has 0 fully saturated rings. The fourth-order valence-electron chi connectivity index (χ4n) is 2.99. The van der Waals surface area contributed by atoms with Crippen molar-refractivity contribution in [2.75, 3.05) is 11.4 Å². The van der Waals surface area contributed by atoms with Gasteiger partial charge in [-0.05, 0) is 6.42 Å². The zero-order valence-corrected chi connectivity index (χ0v) is 12.4. The predicted octanol–water partition coefficient (Wildman–Crippen LogP) is 2.22. The first kappa shape index (κ1) is 14.0. The van der Waals surface area contributed by atoms with Crippen molar-refractivity contribution < 1.29 is 9.67 Å². The van der Waals surface area contributed by atoms with E-state index in [1.54, 1.807) is 6.20 Å². The lowest BCUT2D eigenvalue weighted by Crippen LogP contribution is -2.46. The van der Waals surface area contributed by atoms with Crippen LogP contribution in [0.2, 0.25) is 0 Å². The van der Waals surface area contributed by atoms with Gasteiger partial charge >= 0.3 is 5.95 Å². The second-order valence-electron chi connectivity index (χ2n) is 5.59. The van der Waals surface area contributed by atoms with Crippen molar-refractivity contribution in [3.05, 3.63) is 54.4 Å². The number of benzene rings is 1. The summed E-state index contributed by atoms with van der Waals surface area (Å²) in [4.78, 5) is 6.51. The predicted molar refractivity (Wildman–Crippen MR) is 81.6 cm³/mol. The molecule has 0 aliphatic carbocycles. The molecule has 2 heterocycles. The molecule has 0 bridgehead atoms. The SMILES string of the molecule is CCCCCN1c2nccc[n+]2C[C@@]1(O)c1ccccc1. The molecule has 1 aromatic carbocycles. The fraction of sp³-hybridized carbons (Fsp3) is 0.412. The second-order valence-corrected chi connectivity index (χ2v) is 5.59. The zero-order chi connectivity index (χ0) is 14.7. The number of anilines is 1. The van der Waals surface area contributed by atoms with Crippen LogP contribution in [0.1, 0.15) is 31.7 Å². The number of unbranched alkanes of at least 4 members (excludes halogenated alkanes) is 2. The molecule has 1 aliphatic rings. The van der Waals surface area contributed by atoms with Crippen LogP contribution in [-0.2, 0) is 12.3 Å². The van der Waals surface area contributed by atoms with Crippen LogP contribution in [0.4, 0.5) is 5.95 Å². The summed E-state index contributed by atoms with van der Waals surface area (Å²) in [5.74, 6) is 0.847. The van der Waals surface area contributed by atoms with E-state index in [-0.39, 0.29) is 0 Å². The van der Waals surface area contributed by atoms with E-state index in [1.165, 1.54) is 6.42 Å². The fourth-order valence-corrected chi connectivity index (χ4v) is 2.99. The van der Waals surface area contributed by atoms with Crippen LogP contribution in [0, 0.1) is 0 Å². The standard InChI is InChI=1S/C17H22N3O/c1-2-3-7-13-20-16-18-11-8-12-19(16)14-17(20,21)15-9-5-4-6-10-15/h4-6,8-12,21H,2-3,7,13-14H2,1H3/q+1/t17-/m1/s1. The molecule has 1 N–H and O–H groups in total. The number of hydrogen-bond acceptors (Lipinski definition) is 3. The molecule has 110 valence electrons. The van der Waals surface area contributed by atoms with E-state index in [1.807, 2.05) is 52.1 Å². The first-order valence-corrected chi connectivity index (χ1v) is 7.65. The summed E-state index contributed by atoms with van der Waals surface area (Å²) in [5, 5.41) is 11.3. The molecule has 0 saturated carbocycles. The molecule has 2 aromatic rings. The van der Waals surface area contributed by atoms with Crippen LogP contribution in [-0.4, -0.2) is 16.6 Å². The number of fused-ring (bicyclic) bond motifs is 1. The van der Waals surface area contributed by atoms with E-state index in [0.717, 1.165) is 30.9 Å². The largest absolute Gasteiger partial charge is 0.396 e. The summed E-state index contributed by atoms with van der Waals surface area (Å²) >= 11 is 0. The third-order valence-corrected chi connectivity index (χ3v) is 4.10. The molecule has 0 radical (unpaired) electrons. The molecule has 21 heavy (non-hydrogen) atoms. The van der Waals surface area contributed by atoms with E-state index in [4.69, 9.17) is 0 Å². The Labute approximate surface area is 125 Å². The Hall–Kier alpha value is -1.94. The summed E-state index contributed by atoms with van der Waals surface area (Å²) in [6, 6.07) is 11.8. The Morgan fingerprint density at radius 3 is 2.81 bits per heavy atom. The Kier molecular flexibility index (Phi) is 3.88. The average molecular weight is 284 g/mol. The number of rotatable bonds is 5. The van der Waals surface area contributed by atoms with Gasteiger partial charge in [-0.25, -0.2) is 9.47 Å². The average Bonchev–Trinajstić information content (AvgIpc) is 2.82. The van der Waals surface area contributed by atoms with Crippen molar-refractivity contribution in [2.24, 2.45) is 0 Å². The topological polar surface area (TPSA) is 40.2 Å². The van der Waals surface area contributed by atoms with Crippen molar-refractivity contribution in [1.29, 1.82) is 0 Å². The van der Waals surface area contributed by atoms with Gasteiger partial charge in [0.1, 0.15) is 12.7 Å². The van der Waals surface area contributed by atoms with Gasteiger partial charge in [0.05, 0.1) is 12.7 Å². The molecule has 1 aromatic heterocycles. The Morgan fingerprint density at radius 1 is 1.24 bits per heavy atom. The normalized spacial score (nSPS) is 20.6. The summed E-state index contributed by atoms with van der Waals surface area (Å²) in [5.41, 5.74) is -0.0805. The molecule has 4 heteroatoms. The minimum absolute atomic E-state index is 0.520. The minimum atomic E-state index is -1.00. The molecule has 0 spiro atoms. The summed E-state index contributed by atoms with van der Waals surface area (Å²) < 4.78 is 2.03. The van der Waals surface area contributed by atoms with Crippen molar-refractivity contribution in [3.63, 3.8) is 0 Å². The molecule has 3 rings (SSSR count). The molecule has 0 unspecified atom stereocenters. The van der Waals surface area contributed by atoms with Gasteiger partial charge in [0, 0.05) is 11.6 Å². The Bertz CT molecular complexity index is 602. The lowest BCUT2D eigenvalue weighted by molar-refractivity contribution is -0.685. The molecule has 0 saturated heterocycles. The summed E-state index contributed by atoms with van der Waals surface area (Å²) in [6.07, 6.45) is 7.15. The number of hydrogen-bond donors (Lipinski definition) is 1. The summed E-state index contributed by atoms with van der Waals surface area (Å²) in [6.45, 7) is 3.52. The van der Waals surface area contributed by atoms with Crippen LogP contribution in [0.5, 0.6) is 0 Å². The first-order chi connectivity index (χ1) is 10.3. The van der Waals surface area contributed by atoms with Crippen LogP contribution in [0.25, 0.3) is 0 Å².